The van der Waals surface area contributed by atoms with E-state index in [4.69, 9.17) is 11.6 Å². The zero-order valence-corrected chi connectivity index (χ0v) is 16.7. The summed E-state index contributed by atoms with van der Waals surface area (Å²) in [7, 11) is -3.46. The minimum Gasteiger partial charge on any atom is -0.352 e. The van der Waals surface area contributed by atoms with E-state index < -0.39 is 25.2 Å². The van der Waals surface area contributed by atoms with Crippen molar-refractivity contribution in [2.24, 2.45) is 0 Å². The topological polar surface area (TPSA) is 66.4 Å². The third-order valence-corrected chi connectivity index (χ3v) is 5.29. The number of halogens is 4. The van der Waals surface area contributed by atoms with Crippen LogP contribution in [0.1, 0.15) is 16.7 Å². The molecule has 2 rings (SSSR count). The normalized spacial score (nSPS) is 14.9. The van der Waals surface area contributed by atoms with Gasteiger partial charge in [-0.25, -0.2) is 0 Å². The monoisotopic (exact) mass is 433 g/mol. The molecule has 2 atom stereocenters. The Kier molecular flexibility index (Phi) is 7.32. The second-order valence-corrected chi connectivity index (χ2v) is 9.61. The molecule has 0 heterocycles. The van der Waals surface area contributed by atoms with Crippen LogP contribution in [0.4, 0.5) is 13.2 Å². The average Bonchev–Trinajstić information content (AvgIpc) is 2.52. The molecular formula is C19H20ClF3NO3P. The van der Waals surface area contributed by atoms with E-state index in [1.54, 1.807) is 24.3 Å². The molecule has 0 aliphatic heterocycles. The summed E-state index contributed by atoms with van der Waals surface area (Å²) in [6.45, 7) is 1.18. The Morgan fingerprint density at radius 2 is 1.82 bits per heavy atom. The summed E-state index contributed by atoms with van der Waals surface area (Å²) < 4.78 is 49.9. The van der Waals surface area contributed by atoms with Crippen LogP contribution in [-0.4, -0.2) is 29.7 Å². The van der Waals surface area contributed by atoms with Crippen molar-refractivity contribution in [3.05, 3.63) is 70.2 Å². The van der Waals surface area contributed by atoms with Gasteiger partial charge in [0.1, 0.15) is 0 Å². The summed E-state index contributed by atoms with van der Waals surface area (Å²) in [5.74, 6) is -0.368. The first-order valence-electron chi connectivity index (χ1n) is 8.41. The highest BCUT2D eigenvalue weighted by Crippen LogP contribution is 2.36. The second-order valence-electron chi connectivity index (χ2n) is 6.70. The number of amides is 1. The van der Waals surface area contributed by atoms with Crippen LogP contribution in [0.25, 0.3) is 0 Å². The maximum absolute atomic E-state index is 12.7. The predicted molar refractivity (Wildman–Crippen MR) is 103 cm³/mol. The standard InChI is InChI=1S/C19H20ClF3NO3P/c1-28(26,27)12-17(10-13-5-7-15(8-6-13)19(21,22)23)24-18(25)11-14-3-2-4-16(20)9-14/h2-9,17H,10-12H2,1H3,(H,24,25)(H,26,27). The smallest absolute Gasteiger partial charge is 0.352 e. The highest BCUT2D eigenvalue weighted by atomic mass is 35.5. The van der Waals surface area contributed by atoms with Gasteiger partial charge in [0, 0.05) is 23.9 Å². The zero-order chi connectivity index (χ0) is 20.9. The lowest BCUT2D eigenvalue weighted by Crippen LogP contribution is -2.39. The molecule has 9 heteroatoms. The van der Waals surface area contributed by atoms with Crippen molar-refractivity contribution in [3.63, 3.8) is 0 Å². The van der Waals surface area contributed by atoms with E-state index in [0.717, 1.165) is 12.1 Å². The molecule has 2 aromatic rings. The molecule has 2 N–H and O–H groups in total. The summed E-state index contributed by atoms with van der Waals surface area (Å²) in [6, 6.07) is 10.6. The Morgan fingerprint density at radius 3 is 2.36 bits per heavy atom. The van der Waals surface area contributed by atoms with Crippen molar-refractivity contribution < 1.29 is 27.4 Å². The van der Waals surface area contributed by atoms with Crippen molar-refractivity contribution in [2.45, 2.75) is 25.1 Å². The molecular weight excluding hydrogens is 414 g/mol. The van der Waals surface area contributed by atoms with Gasteiger partial charge in [0.05, 0.1) is 12.0 Å². The first kappa shape index (κ1) is 22.5. The third kappa shape index (κ3) is 7.66. The van der Waals surface area contributed by atoms with Gasteiger partial charge in [0.25, 0.3) is 0 Å². The van der Waals surface area contributed by atoms with E-state index in [-0.39, 0.29) is 24.9 Å². The van der Waals surface area contributed by atoms with Gasteiger partial charge in [-0.1, -0.05) is 35.9 Å². The van der Waals surface area contributed by atoms with Crippen LogP contribution in [-0.2, 0) is 28.4 Å². The van der Waals surface area contributed by atoms with E-state index >= 15 is 0 Å². The first-order chi connectivity index (χ1) is 12.9. The lowest BCUT2D eigenvalue weighted by molar-refractivity contribution is -0.137. The van der Waals surface area contributed by atoms with Crippen LogP contribution in [0, 0.1) is 0 Å². The number of hydrogen-bond acceptors (Lipinski definition) is 2. The molecule has 0 fully saturated rings. The predicted octanol–water partition coefficient (Wildman–Crippen LogP) is 4.53. The Bertz CT molecular complexity index is 865. The molecule has 0 aromatic heterocycles. The average molecular weight is 434 g/mol. The fourth-order valence-corrected chi connectivity index (χ4v) is 4.05. The molecule has 0 saturated carbocycles. The number of nitrogens with one attached hydrogen (secondary N) is 1. The summed E-state index contributed by atoms with van der Waals surface area (Å²) in [5, 5.41) is 3.18. The Morgan fingerprint density at radius 1 is 1.18 bits per heavy atom. The molecule has 0 aliphatic carbocycles. The van der Waals surface area contributed by atoms with Gasteiger partial charge in [0.15, 0.2) is 7.37 Å². The molecule has 0 bridgehead atoms. The fraction of sp³-hybridized carbons (Fsp3) is 0.316. The largest absolute Gasteiger partial charge is 0.416 e. The van der Waals surface area contributed by atoms with E-state index in [1.807, 2.05) is 0 Å². The van der Waals surface area contributed by atoms with Gasteiger partial charge in [-0.05, 0) is 41.8 Å². The van der Waals surface area contributed by atoms with Crippen molar-refractivity contribution in [1.29, 1.82) is 0 Å². The fourth-order valence-electron chi connectivity index (χ4n) is 2.80. The maximum atomic E-state index is 12.7. The van der Waals surface area contributed by atoms with Crippen LogP contribution in [0.15, 0.2) is 48.5 Å². The lowest BCUT2D eigenvalue weighted by atomic mass is 10.0. The van der Waals surface area contributed by atoms with Gasteiger partial charge >= 0.3 is 6.18 Å². The van der Waals surface area contributed by atoms with E-state index in [2.05, 4.69) is 5.32 Å². The van der Waals surface area contributed by atoms with Crippen LogP contribution in [0.5, 0.6) is 0 Å². The molecule has 2 unspecified atom stereocenters. The Labute approximate surface area is 166 Å². The molecule has 152 valence electrons. The van der Waals surface area contributed by atoms with Gasteiger partial charge in [-0.2, -0.15) is 13.2 Å². The Balaban J connectivity index is 2.09. The maximum Gasteiger partial charge on any atom is 0.416 e. The molecule has 2 aromatic carbocycles. The highest BCUT2D eigenvalue weighted by Gasteiger charge is 2.30. The van der Waals surface area contributed by atoms with Gasteiger partial charge in [-0.15, -0.1) is 0 Å². The molecule has 28 heavy (non-hydrogen) atoms. The van der Waals surface area contributed by atoms with Crippen LogP contribution in [0.3, 0.4) is 0 Å². The number of carbonyl (C=O) groups is 1. The highest BCUT2D eigenvalue weighted by molar-refractivity contribution is 7.57. The van der Waals surface area contributed by atoms with Crippen molar-refractivity contribution >= 4 is 24.9 Å². The van der Waals surface area contributed by atoms with Crippen molar-refractivity contribution in [1.82, 2.24) is 5.32 Å². The quantitative estimate of drug-likeness (QED) is 0.630. The van der Waals surface area contributed by atoms with E-state index in [9.17, 15) is 27.4 Å². The van der Waals surface area contributed by atoms with Gasteiger partial charge in [0.2, 0.25) is 5.91 Å². The first-order valence-corrected chi connectivity index (χ1v) is 11.1. The summed E-state index contributed by atoms with van der Waals surface area (Å²) >= 11 is 5.89. The third-order valence-electron chi connectivity index (χ3n) is 3.94. The minimum atomic E-state index is -4.44. The van der Waals surface area contributed by atoms with Crippen molar-refractivity contribution in [2.75, 3.05) is 12.8 Å². The molecule has 0 aliphatic rings. The summed E-state index contributed by atoms with van der Waals surface area (Å²) in [4.78, 5) is 22.0. The van der Waals surface area contributed by atoms with Gasteiger partial charge < -0.3 is 10.2 Å². The molecule has 0 spiro atoms. The van der Waals surface area contributed by atoms with Crippen LogP contribution >= 0.6 is 19.0 Å². The molecule has 4 nitrogen and oxygen atoms in total. The molecule has 0 radical (unpaired) electrons. The van der Waals surface area contributed by atoms with E-state index in [1.165, 1.54) is 18.8 Å². The minimum absolute atomic E-state index is 0.0313. The molecule has 0 saturated heterocycles. The summed E-state index contributed by atoms with van der Waals surface area (Å²) in [5.41, 5.74) is 0.428. The zero-order valence-electron chi connectivity index (χ0n) is 15.0. The SMILES string of the molecule is CP(=O)(O)CC(Cc1ccc(C(F)(F)F)cc1)NC(=O)Cc1cccc(Cl)c1. The summed E-state index contributed by atoms with van der Waals surface area (Å²) in [6.07, 6.45) is -4.45. The number of benzene rings is 2. The second kappa shape index (κ2) is 9.12. The number of rotatable bonds is 7. The number of carbonyl (C=O) groups excluding carboxylic acids is 1. The van der Waals surface area contributed by atoms with Crippen LogP contribution < -0.4 is 5.32 Å². The Hall–Kier alpha value is -1.82. The van der Waals surface area contributed by atoms with Gasteiger partial charge in [-0.3, -0.25) is 9.36 Å². The van der Waals surface area contributed by atoms with Crippen molar-refractivity contribution in [3.8, 4) is 0 Å². The number of alkyl halides is 3. The number of hydrogen-bond donors (Lipinski definition) is 2. The van der Waals surface area contributed by atoms with E-state index in [0.29, 0.717) is 16.1 Å². The molecule has 1 amide bonds. The lowest BCUT2D eigenvalue weighted by Gasteiger charge is -2.21. The van der Waals surface area contributed by atoms with Crippen LogP contribution in [0.2, 0.25) is 5.02 Å².